The molecule has 1 amide bonds. The van der Waals surface area contributed by atoms with E-state index in [1.807, 2.05) is 18.2 Å². The monoisotopic (exact) mass is 529 g/mol. The second-order valence-electron chi connectivity index (χ2n) is 11.4. The highest BCUT2D eigenvalue weighted by atomic mass is 35.5. The molecular weight excluding hydrogens is 491 g/mol. The van der Waals surface area contributed by atoms with Crippen LogP contribution in [0.15, 0.2) is 55.1 Å². The lowest BCUT2D eigenvalue weighted by Gasteiger charge is -2.56. The molecule has 36 heavy (non-hydrogen) atoms. The molecule has 194 valence electrons. The Morgan fingerprint density at radius 1 is 1.22 bits per heavy atom. The van der Waals surface area contributed by atoms with Crippen molar-refractivity contribution in [1.29, 1.82) is 0 Å². The summed E-state index contributed by atoms with van der Waals surface area (Å²) in [5.74, 6) is 1.44. The van der Waals surface area contributed by atoms with Crippen LogP contribution < -0.4 is 5.32 Å². The van der Waals surface area contributed by atoms with Crippen molar-refractivity contribution in [1.82, 2.24) is 5.32 Å². The summed E-state index contributed by atoms with van der Waals surface area (Å²) in [6, 6.07) is 13.3. The van der Waals surface area contributed by atoms with E-state index in [9.17, 15) is 9.90 Å². The molecule has 4 nitrogen and oxygen atoms in total. The van der Waals surface area contributed by atoms with Crippen molar-refractivity contribution in [3.63, 3.8) is 0 Å². The number of likely N-dealkylation sites (tertiary alicyclic amines) is 1. The van der Waals surface area contributed by atoms with Crippen molar-refractivity contribution in [2.45, 2.75) is 57.4 Å². The van der Waals surface area contributed by atoms with Crippen LogP contribution in [-0.2, 0) is 16.6 Å². The van der Waals surface area contributed by atoms with Crippen LogP contribution in [0, 0.1) is 11.8 Å². The Bertz CT molecular complexity index is 1100. The van der Waals surface area contributed by atoms with Gasteiger partial charge in [0.1, 0.15) is 5.75 Å². The lowest BCUT2D eigenvalue weighted by Crippen LogP contribution is -2.64. The molecule has 4 atom stereocenters. The number of nitrogens with one attached hydrogen (secondary N) is 1. The highest BCUT2D eigenvalue weighted by molar-refractivity contribution is 6.42. The van der Waals surface area contributed by atoms with Gasteiger partial charge >= 0.3 is 0 Å². The molecule has 1 aliphatic carbocycles. The number of halogens is 2. The van der Waals surface area contributed by atoms with Crippen molar-refractivity contribution in [2.75, 3.05) is 26.2 Å². The van der Waals surface area contributed by atoms with Gasteiger partial charge in [-0.1, -0.05) is 61.8 Å². The van der Waals surface area contributed by atoms with Gasteiger partial charge in [-0.25, -0.2) is 0 Å². The molecule has 2 aromatic carbocycles. The highest BCUT2D eigenvalue weighted by Gasteiger charge is 2.53. The Morgan fingerprint density at radius 2 is 2.03 bits per heavy atom. The van der Waals surface area contributed by atoms with E-state index >= 15 is 0 Å². The summed E-state index contributed by atoms with van der Waals surface area (Å²) in [5, 5.41) is 14.6. The number of piperidine rings is 1. The number of carbonyl (C=O) groups excluding carboxylic acids is 1. The normalized spacial score (nSPS) is 27.9. The number of amides is 1. The molecule has 0 bridgehead atoms. The topological polar surface area (TPSA) is 49.3 Å². The number of nitrogens with zero attached hydrogens (tertiary/aromatic N) is 1. The van der Waals surface area contributed by atoms with Gasteiger partial charge in [0.25, 0.3) is 0 Å². The van der Waals surface area contributed by atoms with Crippen LogP contribution in [0.5, 0.6) is 5.75 Å². The molecule has 1 aliphatic heterocycles. The van der Waals surface area contributed by atoms with Gasteiger partial charge in [0.2, 0.25) is 5.91 Å². The number of aromatic hydroxyl groups is 1. The number of hydrogen-bond acceptors (Lipinski definition) is 2. The number of rotatable bonds is 8. The molecule has 4 rings (SSSR count). The molecule has 2 aromatic rings. The van der Waals surface area contributed by atoms with Crippen LogP contribution in [-0.4, -0.2) is 47.7 Å². The largest absolute Gasteiger partial charge is 0.508 e. The van der Waals surface area contributed by atoms with Gasteiger partial charge in [0.05, 0.1) is 42.6 Å². The predicted molar refractivity (Wildman–Crippen MR) is 149 cm³/mol. The van der Waals surface area contributed by atoms with E-state index in [0.29, 0.717) is 27.6 Å². The zero-order chi connectivity index (χ0) is 25.9. The average molecular weight is 531 g/mol. The fourth-order valence-electron chi connectivity index (χ4n) is 6.96. The summed E-state index contributed by atoms with van der Waals surface area (Å²) in [5.41, 5.74) is 2.01. The molecule has 2 N–H and O–H groups in total. The number of carbonyl (C=O) groups is 1. The first-order chi connectivity index (χ1) is 17.1. The van der Waals surface area contributed by atoms with Gasteiger partial charge in [-0.2, -0.15) is 0 Å². The van der Waals surface area contributed by atoms with Crippen LogP contribution in [0.3, 0.4) is 0 Å². The molecule has 2 fully saturated rings. The summed E-state index contributed by atoms with van der Waals surface area (Å²) in [6.07, 6.45) is 6.32. The fourth-order valence-corrected chi connectivity index (χ4v) is 7.28. The first-order valence-corrected chi connectivity index (χ1v) is 13.9. The lowest BCUT2D eigenvalue weighted by molar-refractivity contribution is -0.935. The summed E-state index contributed by atoms with van der Waals surface area (Å²) in [6.45, 7) is 13.0. The Labute approximate surface area is 225 Å². The van der Waals surface area contributed by atoms with E-state index in [4.69, 9.17) is 23.2 Å². The van der Waals surface area contributed by atoms with Crippen molar-refractivity contribution in [2.24, 2.45) is 11.8 Å². The second kappa shape index (κ2) is 11.2. The van der Waals surface area contributed by atoms with Gasteiger partial charge in [-0.15, -0.1) is 0 Å². The van der Waals surface area contributed by atoms with E-state index in [2.05, 4.69) is 37.9 Å². The minimum Gasteiger partial charge on any atom is -0.508 e. The molecule has 2 aliphatic rings. The number of benzene rings is 2. The summed E-state index contributed by atoms with van der Waals surface area (Å²) < 4.78 is 1.08. The SMILES string of the molecule is C=CC[N@@+]1(CC(C)C)CC[C@]2(c3cccc(O)c3)C[C@@H](NC(=O)Cc3ccc(Cl)c(Cl)c3)CCC2C1. The maximum absolute atomic E-state index is 13.0. The third-order valence-electron chi connectivity index (χ3n) is 8.30. The Morgan fingerprint density at radius 3 is 2.72 bits per heavy atom. The third-order valence-corrected chi connectivity index (χ3v) is 9.04. The molecule has 0 aromatic heterocycles. The third kappa shape index (κ3) is 5.93. The van der Waals surface area contributed by atoms with E-state index < -0.39 is 0 Å². The van der Waals surface area contributed by atoms with Crippen molar-refractivity contribution < 1.29 is 14.4 Å². The van der Waals surface area contributed by atoms with E-state index in [1.54, 1.807) is 18.2 Å². The van der Waals surface area contributed by atoms with Gasteiger partial charge in [0, 0.05) is 29.7 Å². The van der Waals surface area contributed by atoms with Crippen LogP contribution in [0.2, 0.25) is 10.0 Å². The molecule has 1 saturated heterocycles. The van der Waals surface area contributed by atoms with Crippen LogP contribution >= 0.6 is 23.2 Å². The maximum atomic E-state index is 13.0. The molecule has 1 saturated carbocycles. The molecule has 0 radical (unpaired) electrons. The molecule has 6 heteroatoms. The number of phenolic OH excluding ortho intramolecular Hbond substituents is 1. The average Bonchev–Trinajstić information content (AvgIpc) is 2.81. The van der Waals surface area contributed by atoms with Gasteiger partial charge < -0.3 is 14.9 Å². The quantitative estimate of drug-likeness (QED) is 0.301. The van der Waals surface area contributed by atoms with Crippen LogP contribution in [0.25, 0.3) is 0 Å². The summed E-state index contributed by atoms with van der Waals surface area (Å²) >= 11 is 12.2. The summed E-state index contributed by atoms with van der Waals surface area (Å²) in [7, 11) is 0. The zero-order valence-corrected chi connectivity index (χ0v) is 23.0. The van der Waals surface area contributed by atoms with Crippen molar-refractivity contribution in [3.8, 4) is 5.75 Å². The minimum atomic E-state index is -0.0571. The molecule has 1 heterocycles. The zero-order valence-electron chi connectivity index (χ0n) is 21.5. The number of hydrogen-bond donors (Lipinski definition) is 2. The Hall–Kier alpha value is -2.01. The minimum absolute atomic E-state index is 0.00954. The van der Waals surface area contributed by atoms with Crippen molar-refractivity contribution >= 4 is 29.1 Å². The van der Waals surface area contributed by atoms with E-state index in [0.717, 1.165) is 61.9 Å². The Balaban J connectivity index is 1.56. The second-order valence-corrected chi connectivity index (χ2v) is 12.2. The first kappa shape index (κ1) is 27.0. The van der Waals surface area contributed by atoms with Gasteiger partial charge in [-0.05, 0) is 60.7 Å². The molecular formula is C30H39Cl2N2O2+. The first-order valence-electron chi connectivity index (χ1n) is 13.1. The molecule has 0 spiro atoms. The Kier molecular flexibility index (Phi) is 8.38. The smallest absolute Gasteiger partial charge is 0.224 e. The van der Waals surface area contributed by atoms with E-state index in [-0.39, 0.29) is 23.8 Å². The standard InChI is InChI=1S/C30H38Cl2N2O2/c1-4-13-34(19-21(2)3)14-12-30(23-6-5-7-26(35)17-23)18-25(10-9-24(30)20-34)33-29(36)16-22-8-11-27(31)28(32)15-22/h4-8,11,15,17,21,24-25H,1,9-10,12-14,16,18-20H2,2-3H3,(H-,33,35,36)/p+1/t24?,25-,30+,34-/m0/s1. The highest BCUT2D eigenvalue weighted by Crippen LogP contribution is 2.51. The predicted octanol–water partition coefficient (Wildman–Crippen LogP) is 6.53. The van der Waals surface area contributed by atoms with Crippen LogP contribution in [0.1, 0.15) is 50.7 Å². The van der Waals surface area contributed by atoms with Gasteiger partial charge in [0.15, 0.2) is 0 Å². The van der Waals surface area contributed by atoms with E-state index in [1.165, 1.54) is 5.56 Å². The molecule has 1 unspecified atom stereocenters. The summed E-state index contributed by atoms with van der Waals surface area (Å²) in [4.78, 5) is 13.0. The van der Waals surface area contributed by atoms with Gasteiger partial charge in [-0.3, -0.25) is 4.79 Å². The fraction of sp³-hybridized carbons (Fsp3) is 0.500. The number of fused-ring (bicyclic) bond motifs is 1. The number of phenols is 1. The maximum Gasteiger partial charge on any atom is 0.224 e. The van der Waals surface area contributed by atoms with Crippen molar-refractivity contribution in [3.05, 3.63) is 76.3 Å². The number of quaternary nitrogens is 1. The van der Waals surface area contributed by atoms with Crippen LogP contribution in [0.4, 0.5) is 0 Å². The lowest BCUT2D eigenvalue weighted by atomic mass is 9.57.